The van der Waals surface area contributed by atoms with Crippen LogP contribution in [0.1, 0.15) is 32.8 Å². The van der Waals surface area contributed by atoms with Gasteiger partial charge >= 0.3 is 12.2 Å². The van der Waals surface area contributed by atoms with Crippen LogP contribution in [0, 0.1) is 0 Å². The molecule has 176 valence electrons. The van der Waals surface area contributed by atoms with Crippen LogP contribution in [-0.4, -0.2) is 102 Å². The van der Waals surface area contributed by atoms with Crippen molar-refractivity contribution in [2.24, 2.45) is 0 Å². The molecule has 0 aromatic heterocycles. The quantitative estimate of drug-likeness (QED) is 0.711. The third-order valence-electron chi connectivity index (χ3n) is 6.52. The van der Waals surface area contributed by atoms with E-state index in [-0.39, 0.29) is 12.2 Å². The normalized spacial score (nSPS) is 23.2. The lowest BCUT2D eigenvalue weighted by molar-refractivity contribution is -0.0163. The van der Waals surface area contributed by atoms with Gasteiger partial charge in [0.25, 0.3) is 0 Å². The minimum absolute atomic E-state index is 0.202. The summed E-state index contributed by atoms with van der Waals surface area (Å²) in [6, 6.07) is 10.7. The highest BCUT2D eigenvalue weighted by atomic mass is 16.6. The molecule has 8 nitrogen and oxygen atoms in total. The zero-order valence-corrected chi connectivity index (χ0v) is 19.5. The van der Waals surface area contributed by atoms with Crippen molar-refractivity contribution in [1.82, 2.24) is 19.6 Å². The number of hydrogen-bond donors (Lipinski definition) is 0. The van der Waals surface area contributed by atoms with Gasteiger partial charge in [-0.15, -0.1) is 0 Å². The lowest BCUT2D eigenvalue weighted by Gasteiger charge is -2.50. The Hall–Kier alpha value is -2.32. The fourth-order valence-corrected chi connectivity index (χ4v) is 4.63. The standard InChI is InChI=1S/C24H36N4O4/c1-24(2,3)32-23(30)27-10-9-20(15-27)28-16-21(17-28)25-11-13-26(14-12-25)22(29)31-18-19-7-5-4-6-8-19/h4-8,20-21H,9-18H2,1-3H3. The first-order valence-corrected chi connectivity index (χ1v) is 11.7. The van der Waals surface area contributed by atoms with Gasteiger partial charge in [0.15, 0.2) is 0 Å². The van der Waals surface area contributed by atoms with Crippen molar-refractivity contribution in [2.45, 2.75) is 51.5 Å². The molecule has 3 aliphatic rings. The molecule has 0 bridgehead atoms. The Balaban J connectivity index is 1.14. The van der Waals surface area contributed by atoms with Gasteiger partial charge in [0.1, 0.15) is 12.2 Å². The summed E-state index contributed by atoms with van der Waals surface area (Å²) in [6.07, 6.45) is 0.580. The average Bonchev–Trinajstić information content (AvgIpc) is 3.21. The van der Waals surface area contributed by atoms with E-state index in [2.05, 4.69) is 9.80 Å². The molecule has 2 amide bonds. The SMILES string of the molecule is CC(C)(C)OC(=O)N1CCC(N2CC(N3CCN(C(=O)OCc4ccccc4)CC3)C2)C1. The summed E-state index contributed by atoms with van der Waals surface area (Å²) < 4.78 is 11.0. The molecule has 8 heteroatoms. The van der Waals surface area contributed by atoms with Crippen LogP contribution in [0.5, 0.6) is 0 Å². The van der Waals surface area contributed by atoms with Gasteiger partial charge in [0, 0.05) is 64.4 Å². The molecule has 3 fully saturated rings. The molecule has 0 radical (unpaired) electrons. The van der Waals surface area contributed by atoms with Crippen LogP contribution in [0.3, 0.4) is 0 Å². The Morgan fingerprint density at radius 3 is 2.19 bits per heavy atom. The monoisotopic (exact) mass is 444 g/mol. The van der Waals surface area contributed by atoms with Gasteiger partial charge in [0.2, 0.25) is 0 Å². The minimum Gasteiger partial charge on any atom is -0.445 e. The number of ether oxygens (including phenoxy) is 2. The van der Waals surface area contributed by atoms with Crippen LogP contribution in [0.4, 0.5) is 9.59 Å². The Labute approximate surface area is 191 Å². The van der Waals surface area contributed by atoms with Crippen molar-refractivity contribution < 1.29 is 19.1 Å². The molecule has 3 heterocycles. The van der Waals surface area contributed by atoms with Crippen LogP contribution >= 0.6 is 0 Å². The van der Waals surface area contributed by atoms with Crippen molar-refractivity contribution in [1.29, 1.82) is 0 Å². The molecule has 0 aliphatic carbocycles. The van der Waals surface area contributed by atoms with Gasteiger partial charge in [-0.3, -0.25) is 9.80 Å². The number of hydrogen-bond acceptors (Lipinski definition) is 6. The molecule has 1 aromatic carbocycles. The molecule has 1 unspecified atom stereocenters. The molecule has 0 N–H and O–H groups in total. The number of carbonyl (C=O) groups excluding carboxylic acids is 2. The topological polar surface area (TPSA) is 65.6 Å². The highest BCUT2D eigenvalue weighted by Crippen LogP contribution is 2.25. The van der Waals surface area contributed by atoms with Gasteiger partial charge in [-0.25, -0.2) is 9.59 Å². The van der Waals surface area contributed by atoms with E-state index >= 15 is 0 Å². The Bertz CT molecular complexity index is 783. The summed E-state index contributed by atoms with van der Waals surface area (Å²) in [7, 11) is 0. The average molecular weight is 445 g/mol. The molecule has 32 heavy (non-hydrogen) atoms. The van der Waals surface area contributed by atoms with E-state index in [1.807, 2.05) is 60.9 Å². The molecule has 3 aliphatic heterocycles. The van der Waals surface area contributed by atoms with Crippen LogP contribution in [0.15, 0.2) is 30.3 Å². The molecular weight excluding hydrogens is 408 g/mol. The third kappa shape index (κ3) is 5.72. The second-order valence-corrected chi connectivity index (χ2v) is 10.0. The summed E-state index contributed by atoms with van der Waals surface area (Å²) in [6.45, 7) is 12.8. The van der Waals surface area contributed by atoms with Crippen molar-refractivity contribution in [3.63, 3.8) is 0 Å². The molecule has 0 saturated carbocycles. The van der Waals surface area contributed by atoms with E-state index in [0.29, 0.717) is 31.8 Å². The van der Waals surface area contributed by atoms with E-state index in [0.717, 1.165) is 51.3 Å². The third-order valence-corrected chi connectivity index (χ3v) is 6.52. The largest absolute Gasteiger partial charge is 0.445 e. The smallest absolute Gasteiger partial charge is 0.410 e. The van der Waals surface area contributed by atoms with Crippen molar-refractivity contribution in [2.75, 3.05) is 52.4 Å². The molecular formula is C24H36N4O4. The van der Waals surface area contributed by atoms with Gasteiger partial charge in [-0.2, -0.15) is 0 Å². The lowest BCUT2D eigenvalue weighted by Crippen LogP contribution is -2.65. The van der Waals surface area contributed by atoms with Crippen molar-refractivity contribution in [3.8, 4) is 0 Å². The highest BCUT2D eigenvalue weighted by Gasteiger charge is 2.41. The van der Waals surface area contributed by atoms with E-state index in [9.17, 15) is 9.59 Å². The summed E-state index contributed by atoms with van der Waals surface area (Å²) in [4.78, 5) is 33.3. The fourth-order valence-electron chi connectivity index (χ4n) is 4.63. The Kier molecular flexibility index (Phi) is 6.90. The molecule has 4 rings (SSSR count). The van der Waals surface area contributed by atoms with Gasteiger partial charge in [-0.05, 0) is 32.8 Å². The predicted molar refractivity (Wildman–Crippen MR) is 121 cm³/mol. The number of likely N-dealkylation sites (tertiary alicyclic amines) is 2. The Morgan fingerprint density at radius 1 is 0.844 bits per heavy atom. The number of amides is 2. The maximum absolute atomic E-state index is 12.4. The molecule has 3 saturated heterocycles. The Morgan fingerprint density at radius 2 is 1.53 bits per heavy atom. The first-order chi connectivity index (χ1) is 15.3. The van der Waals surface area contributed by atoms with Gasteiger partial charge in [0.05, 0.1) is 0 Å². The number of rotatable bonds is 4. The number of nitrogens with zero attached hydrogens (tertiary/aromatic N) is 4. The van der Waals surface area contributed by atoms with Crippen molar-refractivity contribution >= 4 is 12.2 Å². The van der Waals surface area contributed by atoms with Crippen LogP contribution in [0.2, 0.25) is 0 Å². The first kappa shape index (κ1) is 22.9. The number of carbonyl (C=O) groups is 2. The van der Waals surface area contributed by atoms with E-state index in [1.165, 1.54) is 0 Å². The summed E-state index contributed by atoms with van der Waals surface area (Å²) in [5.74, 6) is 0. The summed E-state index contributed by atoms with van der Waals surface area (Å²) in [5, 5.41) is 0. The predicted octanol–water partition coefficient (Wildman–Crippen LogP) is 2.63. The number of piperazine rings is 1. The zero-order valence-electron chi connectivity index (χ0n) is 19.5. The second kappa shape index (κ2) is 9.67. The number of benzene rings is 1. The van der Waals surface area contributed by atoms with Crippen molar-refractivity contribution in [3.05, 3.63) is 35.9 Å². The summed E-state index contributed by atoms with van der Waals surface area (Å²) >= 11 is 0. The first-order valence-electron chi connectivity index (χ1n) is 11.7. The fraction of sp³-hybridized carbons (Fsp3) is 0.667. The maximum Gasteiger partial charge on any atom is 0.410 e. The summed E-state index contributed by atoms with van der Waals surface area (Å²) in [5.41, 5.74) is 0.554. The van der Waals surface area contributed by atoms with Crippen LogP contribution in [0.25, 0.3) is 0 Å². The van der Waals surface area contributed by atoms with E-state index in [4.69, 9.17) is 9.47 Å². The zero-order chi connectivity index (χ0) is 22.7. The van der Waals surface area contributed by atoms with Crippen LogP contribution in [-0.2, 0) is 16.1 Å². The molecule has 0 spiro atoms. The molecule has 1 aromatic rings. The maximum atomic E-state index is 12.4. The molecule has 1 atom stereocenters. The lowest BCUT2D eigenvalue weighted by atomic mass is 10.0. The van der Waals surface area contributed by atoms with E-state index < -0.39 is 5.60 Å². The van der Waals surface area contributed by atoms with Gasteiger partial charge < -0.3 is 19.3 Å². The van der Waals surface area contributed by atoms with Crippen LogP contribution < -0.4 is 0 Å². The second-order valence-electron chi connectivity index (χ2n) is 10.0. The minimum atomic E-state index is -0.451. The highest BCUT2D eigenvalue weighted by molar-refractivity contribution is 5.68. The van der Waals surface area contributed by atoms with E-state index in [1.54, 1.807) is 0 Å². The van der Waals surface area contributed by atoms with Gasteiger partial charge in [-0.1, -0.05) is 30.3 Å².